The molecule has 0 unspecified atom stereocenters. The molecule has 0 saturated carbocycles. The van der Waals surface area contributed by atoms with Crippen molar-refractivity contribution in [2.24, 2.45) is 0 Å². The second kappa shape index (κ2) is 8.31. The van der Waals surface area contributed by atoms with Crippen LogP contribution in [0.2, 0.25) is 0 Å². The van der Waals surface area contributed by atoms with E-state index in [-0.39, 0.29) is 23.8 Å². The van der Waals surface area contributed by atoms with Gasteiger partial charge in [-0.05, 0) is 23.1 Å². The fourth-order valence-electron chi connectivity index (χ4n) is 2.53. The molecule has 0 aliphatic carbocycles. The third-order valence-electron chi connectivity index (χ3n) is 4.13. The number of nitrogens with one attached hydrogen (secondary N) is 2. The van der Waals surface area contributed by atoms with Crippen molar-refractivity contribution in [3.05, 3.63) is 65.7 Å². The lowest BCUT2D eigenvalue weighted by molar-refractivity contribution is -0.115. The highest BCUT2D eigenvalue weighted by molar-refractivity contribution is 7.10. The minimum Gasteiger partial charge on any atom is -0.343 e. The summed E-state index contributed by atoms with van der Waals surface area (Å²) in [6.07, 6.45) is 0. The standard InChI is InChI=1S/C21H22N4O2S/c1-21(2,3)16-11-9-15(10-12-16)19(27)22-13-17(26)23-20-24-18(25-28-20)14-7-5-4-6-8-14/h4-12H,13H2,1-3H3,(H,22,27)(H,23,24,25,26). The number of aromatic nitrogens is 2. The normalized spacial score (nSPS) is 11.1. The molecule has 0 saturated heterocycles. The molecular formula is C21H22N4O2S. The molecule has 2 amide bonds. The molecule has 3 aromatic rings. The summed E-state index contributed by atoms with van der Waals surface area (Å²) in [6, 6.07) is 16.9. The lowest BCUT2D eigenvalue weighted by Gasteiger charge is -2.19. The SMILES string of the molecule is CC(C)(C)c1ccc(C(=O)NCC(=O)Nc2nc(-c3ccccc3)ns2)cc1. The number of hydrogen-bond acceptors (Lipinski definition) is 5. The van der Waals surface area contributed by atoms with E-state index in [1.54, 1.807) is 12.1 Å². The van der Waals surface area contributed by atoms with Crippen LogP contribution in [-0.2, 0) is 10.2 Å². The summed E-state index contributed by atoms with van der Waals surface area (Å²) in [6.45, 7) is 6.20. The topological polar surface area (TPSA) is 84.0 Å². The number of benzene rings is 2. The van der Waals surface area contributed by atoms with Gasteiger partial charge in [0.1, 0.15) is 0 Å². The van der Waals surface area contributed by atoms with Crippen LogP contribution in [0, 0.1) is 0 Å². The van der Waals surface area contributed by atoms with E-state index in [0.29, 0.717) is 16.5 Å². The predicted molar refractivity (Wildman–Crippen MR) is 111 cm³/mol. The van der Waals surface area contributed by atoms with Crippen molar-refractivity contribution >= 4 is 28.5 Å². The van der Waals surface area contributed by atoms with Crippen molar-refractivity contribution in [1.29, 1.82) is 0 Å². The lowest BCUT2D eigenvalue weighted by Crippen LogP contribution is -2.32. The molecule has 7 heteroatoms. The Kier molecular flexibility index (Phi) is 5.84. The van der Waals surface area contributed by atoms with Gasteiger partial charge in [-0.25, -0.2) is 0 Å². The molecule has 144 valence electrons. The Morgan fingerprint density at radius 1 is 1.00 bits per heavy atom. The van der Waals surface area contributed by atoms with Crippen LogP contribution in [0.15, 0.2) is 54.6 Å². The van der Waals surface area contributed by atoms with E-state index >= 15 is 0 Å². The molecule has 0 aliphatic heterocycles. The first-order valence-electron chi connectivity index (χ1n) is 8.90. The van der Waals surface area contributed by atoms with Crippen LogP contribution < -0.4 is 10.6 Å². The van der Waals surface area contributed by atoms with Gasteiger partial charge in [0.05, 0.1) is 6.54 Å². The van der Waals surface area contributed by atoms with Gasteiger partial charge in [-0.1, -0.05) is 63.2 Å². The summed E-state index contributed by atoms with van der Waals surface area (Å²) in [5.74, 6) is -0.0860. The highest BCUT2D eigenvalue weighted by Gasteiger charge is 2.15. The molecule has 0 fully saturated rings. The molecule has 28 heavy (non-hydrogen) atoms. The number of carbonyl (C=O) groups is 2. The second-order valence-corrected chi connectivity index (χ2v) is 8.10. The van der Waals surface area contributed by atoms with Gasteiger partial charge in [-0.3, -0.25) is 14.9 Å². The Morgan fingerprint density at radius 2 is 1.68 bits per heavy atom. The Bertz CT molecular complexity index is 960. The quantitative estimate of drug-likeness (QED) is 0.688. The summed E-state index contributed by atoms with van der Waals surface area (Å²) in [7, 11) is 0. The van der Waals surface area contributed by atoms with Crippen LogP contribution in [0.5, 0.6) is 0 Å². The zero-order valence-corrected chi connectivity index (χ0v) is 16.8. The van der Waals surface area contributed by atoms with Crippen LogP contribution in [-0.4, -0.2) is 27.7 Å². The van der Waals surface area contributed by atoms with Crippen molar-refractivity contribution in [1.82, 2.24) is 14.7 Å². The Labute approximate surface area is 168 Å². The Balaban J connectivity index is 1.53. The maximum absolute atomic E-state index is 12.2. The largest absolute Gasteiger partial charge is 0.343 e. The van der Waals surface area contributed by atoms with E-state index < -0.39 is 0 Å². The van der Waals surface area contributed by atoms with Crippen LogP contribution in [0.25, 0.3) is 11.4 Å². The van der Waals surface area contributed by atoms with Crippen molar-refractivity contribution < 1.29 is 9.59 Å². The minimum atomic E-state index is -0.351. The minimum absolute atomic E-state index is 0.0231. The van der Waals surface area contributed by atoms with Crippen LogP contribution in [0.4, 0.5) is 5.13 Å². The maximum Gasteiger partial charge on any atom is 0.251 e. The molecule has 2 aromatic carbocycles. The number of hydrogen-bond donors (Lipinski definition) is 2. The van der Waals surface area contributed by atoms with Gasteiger partial charge in [-0.2, -0.15) is 9.36 Å². The number of amides is 2. The highest BCUT2D eigenvalue weighted by atomic mass is 32.1. The van der Waals surface area contributed by atoms with E-state index in [1.165, 1.54) is 0 Å². The monoisotopic (exact) mass is 394 g/mol. The first-order valence-corrected chi connectivity index (χ1v) is 9.68. The van der Waals surface area contributed by atoms with Crippen molar-refractivity contribution in [3.8, 4) is 11.4 Å². The molecule has 0 bridgehead atoms. The first kappa shape index (κ1) is 19.7. The summed E-state index contributed by atoms with van der Waals surface area (Å²) in [4.78, 5) is 28.6. The van der Waals surface area contributed by atoms with Crippen molar-refractivity contribution in [2.75, 3.05) is 11.9 Å². The van der Waals surface area contributed by atoms with Crippen molar-refractivity contribution in [2.45, 2.75) is 26.2 Å². The van der Waals surface area contributed by atoms with Gasteiger partial charge < -0.3 is 5.32 Å². The summed E-state index contributed by atoms with van der Waals surface area (Å²) >= 11 is 1.10. The average Bonchev–Trinajstić information content (AvgIpc) is 3.14. The molecule has 2 N–H and O–H groups in total. The molecule has 6 nitrogen and oxygen atoms in total. The molecule has 0 spiro atoms. The third-order valence-corrected chi connectivity index (χ3v) is 4.76. The Morgan fingerprint density at radius 3 is 2.32 bits per heavy atom. The second-order valence-electron chi connectivity index (χ2n) is 7.35. The first-order chi connectivity index (χ1) is 13.3. The number of nitrogens with zero attached hydrogens (tertiary/aromatic N) is 2. The lowest BCUT2D eigenvalue weighted by atomic mass is 9.87. The van der Waals surface area contributed by atoms with Crippen LogP contribution in [0.3, 0.4) is 0 Å². The fourth-order valence-corrected chi connectivity index (χ4v) is 3.13. The van der Waals surface area contributed by atoms with Gasteiger partial charge in [0.15, 0.2) is 5.82 Å². The van der Waals surface area contributed by atoms with E-state index in [2.05, 4.69) is 40.8 Å². The highest BCUT2D eigenvalue weighted by Crippen LogP contribution is 2.22. The number of rotatable bonds is 5. The molecule has 3 rings (SSSR count). The smallest absolute Gasteiger partial charge is 0.251 e. The molecule has 1 heterocycles. The summed E-state index contributed by atoms with van der Waals surface area (Å²) < 4.78 is 4.24. The van der Waals surface area contributed by atoms with E-state index in [1.807, 2.05) is 42.5 Å². The van der Waals surface area contributed by atoms with E-state index in [9.17, 15) is 9.59 Å². The zero-order chi connectivity index (χ0) is 20.1. The maximum atomic E-state index is 12.2. The van der Waals surface area contributed by atoms with Crippen LogP contribution in [0.1, 0.15) is 36.7 Å². The number of carbonyl (C=O) groups excluding carboxylic acids is 2. The molecule has 0 atom stereocenters. The summed E-state index contributed by atoms with van der Waals surface area (Å²) in [5.41, 5.74) is 2.57. The van der Waals surface area contributed by atoms with E-state index in [4.69, 9.17) is 0 Å². The molecule has 0 aliphatic rings. The van der Waals surface area contributed by atoms with Crippen molar-refractivity contribution in [3.63, 3.8) is 0 Å². The van der Waals surface area contributed by atoms with E-state index in [0.717, 1.165) is 22.7 Å². The van der Waals surface area contributed by atoms with Gasteiger partial charge in [-0.15, -0.1) is 0 Å². The van der Waals surface area contributed by atoms with Gasteiger partial charge in [0, 0.05) is 22.7 Å². The number of anilines is 1. The zero-order valence-electron chi connectivity index (χ0n) is 16.0. The summed E-state index contributed by atoms with van der Waals surface area (Å²) in [5, 5.41) is 5.68. The molecular weight excluding hydrogens is 372 g/mol. The third kappa shape index (κ3) is 5.01. The van der Waals surface area contributed by atoms with Gasteiger partial charge in [0.2, 0.25) is 11.0 Å². The van der Waals surface area contributed by atoms with Gasteiger partial charge >= 0.3 is 0 Å². The van der Waals surface area contributed by atoms with Crippen LogP contribution >= 0.6 is 11.5 Å². The predicted octanol–water partition coefficient (Wildman–Crippen LogP) is 3.87. The Hall–Kier alpha value is -3.06. The van der Waals surface area contributed by atoms with Gasteiger partial charge in [0.25, 0.3) is 5.91 Å². The molecule has 0 radical (unpaired) electrons. The average molecular weight is 395 g/mol. The fraction of sp³-hybridized carbons (Fsp3) is 0.238. The molecule has 1 aromatic heterocycles.